The lowest BCUT2D eigenvalue weighted by Crippen LogP contribution is -2.18. The molecule has 0 aliphatic heterocycles. The topological polar surface area (TPSA) is 132 Å². The van der Waals surface area contributed by atoms with Gasteiger partial charge in [-0.05, 0) is 32.1 Å². The van der Waals surface area contributed by atoms with Crippen molar-refractivity contribution in [1.29, 1.82) is 0 Å². The first-order valence-corrected chi connectivity index (χ1v) is 7.68. The molecule has 3 heterocycles. The molecule has 0 amide bonds. The van der Waals surface area contributed by atoms with E-state index in [0.717, 1.165) is 11.3 Å². The quantitative estimate of drug-likeness (QED) is 0.545. The fraction of sp³-hybridized carbons (Fsp3) is 0.231. The van der Waals surface area contributed by atoms with Crippen molar-refractivity contribution in [2.45, 2.75) is 20.8 Å². The van der Waals surface area contributed by atoms with Crippen LogP contribution < -0.4 is 10.9 Å². The highest BCUT2D eigenvalue weighted by molar-refractivity contribution is 7.18. The molecular formula is C13H13N7O3S. The molecule has 0 aromatic carbocycles. The van der Waals surface area contributed by atoms with Crippen molar-refractivity contribution >= 4 is 27.3 Å². The lowest BCUT2D eigenvalue weighted by atomic mass is 10.3. The van der Waals surface area contributed by atoms with Crippen molar-refractivity contribution in [2.24, 2.45) is 0 Å². The molecule has 0 spiro atoms. The van der Waals surface area contributed by atoms with Gasteiger partial charge >= 0.3 is 5.00 Å². The van der Waals surface area contributed by atoms with Gasteiger partial charge in [0.15, 0.2) is 5.13 Å². The molecule has 0 fully saturated rings. The molecule has 0 saturated carbocycles. The Morgan fingerprint density at radius 3 is 2.75 bits per heavy atom. The van der Waals surface area contributed by atoms with E-state index in [-0.39, 0.29) is 16.5 Å². The molecule has 11 heteroatoms. The molecule has 3 rings (SSSR count). The molecule has 3 aromatic heterocycles. The molecule has 124 valence electrons. The average molecular weight is 347 g/mol. The maximum Gasteiger partial charge on any atom is 0.345 e. The number of aromatic amines is 1. The Kier molecular flexibility index (Phi) is 3.85. The van der Waals surface area contributed by atoms with Gasteiger partial charge in [0.05, 0.1) is 10.6 Å². The van der Waals surface area contributed by atoms with E-state index < -0.39 is 4.92 Å². The number of aryl methyl sites for hydroxylation is 2. The highest BCUT2D eigenvalue weighted by atomic mass is 32.1. The summed E-state index contributed by atoms with van der Waals surface area (Å²) in [6, 6.07) is 1.72. The molecule has 3 aromatic rings. The molecule has 10 nitrogen and oxygen atoms in total. The third-order valence-corrected chi connectivity index (χ3v) is 4.19. The van der Waals surface area contributed by atoms with Gasteiger partial charge in [0.1, 0.15) is 12.0 Å². The van der Waals surface area contributed by atoms with Crippen molar-refractivity contribution in [3.05, 3.63) is 49.7 Å². The van der Waals surface area contributed by atoms with Gasteiger partial charge in [-0.3, -0.25) is 19.9 Å². The molecule has 2 N–H and O–H groups in total. The second-order valence-corrected chi connectivity index (χ2v) is 6.08. The maximum absolute atomic E-state index is 11.9. The standard InChI is InChI=1S/C13H13N7O3S/c1-6-4-9(16-13-14-5-10(24-13)20(22)23)19(18-6)12-15-8(3)7(2)11(21)17-12/h4-5H,1-3H3,(H,14,16)(H,15,17,21). The monoisotopic (exact) mass is 347 g/mol. The first kappa shape index (κ1) is 15.8. The van der Waals surface area contributed by atoms with E-state index in [1.807, 2.05) is 0 Å². The van der Waals surface area contributed by atoms with E-state index in [4.69, 9.17) is 0 Å². The van der Waals surface area contributed by atoms with Crippen LogP contribution in [0.15, 0.2) is 17.1 Å². The Hall–Kier alpha value is -3.08. The number of thiazole rings is 1. The summed E-state index contributed by atoms with van der Waals surface area (Å²) in [5.41, 5.74) is 1.57. The molecule has 24 heavy (non-hydrogen) atoms. The molecule has 0 atom stereocenters. The number of hydrogen-bond acceptors (Lipinski definition) is 8. The lowest BCUT2D eigenvalue weighted by molar-refractivity contribution is -0.380. The van der Waals surface area contributed by atoms with Crippen LogP contribution in [0.5, 0.6) is 0 Å². The molecular weight excluding hydrogens is 334 g/mol. The minimum absolute atomic E-state index is 0.0713. The smallest absolute Gasteiger partial charge is 0.316 e. The predicted octanol–water partition coefficient (Wildman–Crippen LogP) is 1.99. The number of hydrogen-bond donors (Lipinski definition) is 2. The Morgan fingerprint density at radius 2 is 2.12 bits per heavy atom. The Morgan fingerprint density at radius 1 is 1.38 bits per heavy atom. The van der Waals surface area contributed by atoms with E-state index in [9.17, 15) is 14.9 Å². The molecule has 0 aliphatic rings. The minimum Gasteiger partial charge on any atom is -0.316 e. The minimum atomic E-state index is -0.506. The zero-order chi connectivity index (χ0) is 17.4. The van der Waals surface area contributed by atoms with Crippen LogP contribution in [0.1, 0.15) is 17.0 Å². The van der Waals surface area contributed by atoms with Gasteiger partial charge in [-0.2, -0.15) is 9.78 Å². The van der Waals surface area contributed by atoms with E-state index >= 15 is 0 Å². The van der Waals surface area contributed by atoms with Crippen LogP contribution in [0.3, 0.4) is 0 Å². The van der Waals surface area contributed by atoms with Crippen LogP contribution in [0.4, 0.5) is 16.0 Å². The number of rotatable bonds is 4. The highest BCUT2D eigenvalue weighted by Crippen LogP contribution is 2.28. The summed E-state index contributed by atoms with van der Waals surface area (Å²) in [4.78, 5) is 33.1. The second kappa shape index (κ2) is 5.85. The van der Waals surface area contributed by atoms with Crippen molar-refractivity contribution in [3.8, 4) is 5.95 Å². The van der Waals surface area contributed by atoms with Crippen molar-refractivity contribution in [1.82, 2.24) is 24.7 Å². The number of H-pyrrole nitrogens is 1. The second-order valence-electron chi connectivity index (χ2n) is 5.07. The van der Waals surface area contributed by atoms with Crippen molar-refractivity contribution in [3.63, 3.8) is 0 Å². The van der Waals surface area contributed by atoms with Crippen LogP contribution in [0.25, 0.3) is 5.95 Å². The zero-order valence-electron chi connectivity index (χ0n) is 13.0. The molecule has 0 bridgehead atoms. The van der Waals surface area contributed by atoms with E-state index in [1.165, 1.54) is 10.9 Å². The van der Waals surface area contributed by atoms with Gasteiger partial charge in [0, 0.05) is 17.3 Å². The zero-order valence-corrected chi connectivity index (χ0v) is 13.8. The van der Waals surface area contributed by atoms with E-state index in [2.05, 4.69) is 25.4 Å². The van der Waals surface area contributed by atoms with Gasteiger partial charge in [-0.25, -0.2) is 9.97 Å². The normalized spacial score (nSPS) is 10.8. The summed E-state index contributed by atoms with van der Waals surface area (Å²) < 4.78 is 1.43. The Labute approximate surface area is 139 Å². The van der Waals surface area contributed by atoms with E-state index in [1.54, 1.807) is 26.8 Å². The predicted molar refractivity (Wildman–Crippen MR) is 88.2 cm³/mol. The summed E-state index contributed by atoms with van der Waals surface area (Å²) in [7, 11) is 0. The first-order chi connectivity index (χ1) is 11.3. The molecule has 0 unspecified atom stereocenters. The lowest BCUT2D eigenvalue weighted by Gasteiger charge is -2.08. The Bertz CT molecular complexity index is 988. The highest BCUT2D eigenvalue weighted by Gasteiger charge is 2.16. The van der Waals surface area contributed by atoms with E-state index in [0.29, 0.717) is 27.9 Å². The fourth-order valence-electron chi connectivity index (χ4n) is 2.00. The van der Waals surface area contributed by atoms with Gasteiger partial charge in [-0.1, -0.05) is 0 Å². The van der Waals surface area contributed by atoms with Crippen LogP contribution in [-0.2, 0) is 0 Å². The molecule has 0 saturated heterocycles. The fourth-order valence-corrected chi connectivity index (χ4v) is 2.64. The largest absolute Gasteiger partial charge is 0.345 e. The summed E-state index contributed by atoms with van der Waals surface area (Å²) in [5, 5.41) is 18.3. The Balaban J connectivity index is 2.01. The van der Waals surface area contributed by atoms with Crippen molar-refractivity contribution < 1.29 is 4.92 Å². The van der Waals surface area contributed by atoms with Crippen LogP contribution >= 0.6 is 11.3 Å². The van der Waals surface area contributed by atoms with Gasteiger partial charge in [0.2, 0.25) is 5.95 Å². The first-order valence-electron chi connectivity index (χ1n) is 6.87. The van der Waals surface area contributed by atoms with Gasteiger partial charge in [0.25, 0.3) is 5.56 Å². The van der Waals surface area contributed by atoms with Crippen LogP contribution in [0, 0.1) is 30.9 Å². The average Bonchev–Trinajstić information content (AvgIpc) is 3.11. The number of nitrogens with one attached hydrogen (secondary N) is 2. The third kappa shape index (κ3) is 2.88. The summed E-state index contributed by atoms with van der Waals surface area (Å²) in [6.07, 6.45) is 1.18. The van der Waals surface area contributed by atoms with Gasteiger partial charge < -0.3 is 5.32 Å². The number of aromatic nitrogens is 5. The summed E-state index contributed by atoms with van der Waals surface area (Å²) in [5.74, 6) is 0.743. The number of anilines is 2. The number of nitrogens with zero attached hydrogens (tertiary/aromatic N) is 5. The van der Waals surface area contributed by atoms with Crippen LogP contribution in [0.2, 0.25) is 0 Å². The molecule has 0 aliphatic carbocycles. The SMILES string of the molecule is Cc1cc(Nc2ncc([N+](=O)[O-])s2)n(-c2nc(C)c(C)c(=O)[nH]2)n1. The van der Waals surface area contributed by atoms with Gasteiger partial charge in [-0.15, -0.1) is 0 Å². The maximum atomic E-state index is 11.9. The summed E-state index contributed by atoms with van der Waals surface area (Å²) in [6.45, 7) is 5.21. The number of nitro groups is 1. The van der Waals surface area contributed by atoms with Crippen LogP contribution in [-0.4, -0.2) is 29.7 Å². The molecule has 0 radical (unpaired) electrons. The summed E-state index contributed by atoms with van der Waals surface area (Å²) >= 11 is 0.903. The third-order valence-electron chi connectivity index (χ3n) is 3.32. The van der Waals surface area contributed by atoms with Crippen molar-refractivity contribution in [2.75, 3.05) is 5.32 Å².